The summed E-state index contributed by atoms with van der Waals surface area (Å²) < 4.78 is 5.35. The molecule has 2 heteroatoms. The van der Waals surface area contributed by atoms with Crippen LogP contribution in [0.15, 0.2) is 0 Å². The van der Waals surface area contributed by atoms with Gasteiger partial charge in [0.1, 0.15) is 0 Å². The average Bonchev–Trinajstić information content (AvgIpc) is 2.03. The minimum absolute atomic E-state index is 0.149. The molecule has 0 aliphatic heterocycles. The Kier molecular flexibility index (Phi) is 3.76. The van der Waals surface area contributed by atoms with Gasteiger partial charge >= 0.3 is 0 Å². The molecule has 1 saturated carbocycles. The van der Waals surface area contributed by atoms with Gasteiger partial charge in [0.15, 0.2) is 0 Å². The molecule has 1 rings (SSSR count). The van der Waals surface area contributed by atoms with Crippen molar-refractivity contribution in [2.75, 3.05) is 13.2 Å². The zero-order valence-corrected chi connectivity index (χ0v) is 6.25. The second-order valence-electron chi connectivity index (χ2n) is 2.67. The van der Waals surface area contributed by atoms with Crippen LogP contribution in [0.2, 0.25) is 0 Å². The lowest BCUT2D eigenvalue weighted by atomic mass is 9.98. The quantitative estimate of drug-likeness (QED) is 0.642. The minimum Gasteiger partial charge on any atom is -0.394 e. The van der Waals surface area contributed by atoms with Crippen molar-refractivity contribution >= 4 is 0 Å². The smallest absolute Gasteiger partial charge is 0.0701 e. The summed E-state index contributed by atoms with van der Waals surface area (Å²) in [6.45, 7) is 0.648. The SMILES string of the molecule is OCCOC1C[CH]CCC1. The summed E-state index contributed by atoms with van der Waals surface area (Å²) in [6.07, 6.45) is 7.37. The normalized spacial score (nSPS) is 21.3. The third kappa shape index (κ3) is 2.67. The fourth-order valence-electron chi connectivity index (χ4n) is 1.28. The Bertz CT molecular complexity index is 77.3. The van der Waals surface area contributed by atoms with Crippen molar-refractivity contribution in [3.63, 3.8) is 0 Å². The highest BCUT2D eigenvalue weighted by Gasteiger charge is 2.12. The summed E-state index contributed by atoms with van der Waals surface area (Å²) in [5.74, 6) is 0. The van der Waals surface area contributed by atoms with Gasteiger partial charge in [-0.2, -0.15) is 0 Å². The molecule has 1 aliphatic carbocycles. The summed E-state index contributed by atoms with van der Waals surface area (Å²) in [4.78, 5) is 0. The Balaban J connectivity index is 2.02. The van der Waals surface area contributed by atoms with Gasteiger partial charge in [0, 0.05) is 0 Å². The molecule has 0 spiro atoms. The Morgan fingerprint density at radius 2 is 2.50 bits per heavy atom. The van der Waals surface area contributed by atoms with Crippen LogP contribution < -0.4 is 0 Å². The number of rotatable bonds is 3. The van der Waals surface area contributed by atoms with E-state index in [1.54, 1.807) is 0 Å². The van der Waals surface area contributed by atoms with Crippen molar-refractivity contribution in [2.45, 2.75) is 31.8 Å². The lowest BCUT2D eigenvalue weighted by Crippen LogP contribution is -2.18. The average molecular weight is 143 g/mol. The second-order valence-corrected chi connectivity index (χ2v) is 2.67. The van der Waals surface area contributed by atoms with Gasteiger partial charge in [0.05, 0.1) is 19.3 Å². The maximum Gasteiger partial charge on any atom is 0.0701 e. The van der Waals surface area contributed by atoms with E-state index < -0.39 is 0 Å². The van der Waals surface area contributed by atoms with E-state index in [1.807, 2.05) is 0 Å². The molecule has 59 valence electrons. The van der Waals surface area contributed by atoms with Gasteiger partial charge in [-0.3, -0.25) is 0 Å². The van der Waals surface area contributed by atoms with Gasteiger partial charge < -0.3 is 9.84 Å². The van der Waals surface area contributed by atoms with Crippen molar-refractivity contribution in [1.82, 2.24) is 0 Å². The molecule has 10 heavy (non-hydrogen) atoms. The van der Waals surface area contributed by atoms with E-state index >= 15 is 0 Å². The third-order valence-electron chi connectivity index (χ3n) is 1.81. The highest BCUT2D eigenvalue weighted by Crippen LogP contribution is 2.18. The Morgan fingerprint density at radius 1 is 1.60 bits per heavy atom. The first-order chi connectivity index (χ1) is 4.93. The number of aliphatic hydroxyl groups excluding tert-OH is 1. The molecule has 2 nitrogen and oxygen atoms in total. The van der Waals surface area contributed by atoms with Crippen LogP contribution in [0.4, 0.5) is 0 Å². The molecule has 1 N–H and O–H groups in total. The molecule has 0 aromatic heterocycles. The molecular formula is C8H15O2. The van der Waals surface area contributed by atoms with Crippen molar-refractivity contribution in [2.24, 2.45) is 0 Å². The fourth-order valence-corrected chi connectivity index (χ4v) is 1.28. The lowest BCUT2D eigenvalue weighted by Gasteiger charge is -2.21. The van der Waals surface area contributed by atoms with E-state index in [1.165, 1.54) is 12.8 Å². The first kappa shape index (κ1) is 8.02. The van der Waals surface area contributed by atoms with E-state index in [2.05, 4.69) is 6.42 Å². The topological polar surface area (TPSA) is 29.5 Å². The van der Waals surface area contributed by atoms with Gasteiger partial charge in [-0.25, -0.2) is 0 Å². The summed E-state index contributed by atoms with van der Waals surface area (Å²) in [5, 5.41) is 8.46. The van der Waals surface area contributed by atoms with Gasteiger partial charge in [0.25, 0.3) is 0 Å². The standard InChI is InChI=1S/C8H15O2/c9-6-7-10-8-4-2-1-3-5-8/h2,8-9H,1,3-7H2. The third-order valence-corrected chi connectivity index (χ3v) is 1.81. The largest absolute Gasteiger partial charge is 0.394 e. The highest BCUT2D eigenvalue weighted by atomic mass is 16.5. The van der Waals surface area contributed by atoms with E-state index in [9.17, 15) is 0 Å². The monoisotopic (exact) mass is 143 g/mol. The van der Waals surface area contributed by atoms with Crippen LogP contribution in [0.1, 0.15) is 25.7 Å². The zero-order chi connectivity index (χ0) is 7.23. The molecule has 1 atom stereocenters. The minimum atomic E-state index is 0.149. The Hall–Kier alpha value is -0.0800. The van der Waals surface area contributed by atoms with Crippen LogP contribution in [0, 0.1) is 6.42 Å². The van der Waals surface area contributed by atoms with E-state index in [0.29, 0.717) is 12.7 Å². The molecule has 1 aliphatic rings. The maximum atomic E-state index is 8.46. The molecule has 0 aromatic carbocycles. The number of aliphatic hydroxyl groups is 1. The molecule has 1 radical (unpaired) electrons. The van der Waals surface area contributed by atoms with Crippen LogP contribution in [0.3, 0.4) is 0 Å². The first-order valence-electron chi connectivity index (χ1n) is 3.97. The molecule has 0 bridgehead atoms. The fraction of sp³-hybridized carbons (Fsp3) is 0.875. The molecule has 0 saturated heterocycles. The van der Waals surface area contributed by atoms with Crippen molar-refractivity contribution in [1.29, 1.82) is 0 Å². The molecule has 1 fully saturated rings. The van der Waals surface area contributed by atoms with Gasteiger partial charge in [-0.1, -0.05) is 6.42 Å². The summed E-state index contributed by atoms with van der Waals surface area (Å²) in [7, 11) is 0. The summed E-state index contributed by atoms with van der Waals surface area (Å²) in [5.41, 5.74) is 0. The van der Waals surface area contributed by atoms with E-state index in [0.717, 1.165) is 12.8 Å². The number of hydrogen-bond donors (Lipinski definition) is 1. The maximum absolute atomic E-state index is 8.46. The van der Waals surface area contributed by atoms with Gasteiger partial charge in [-0.05, 0) is 25.7 Å². The van der Waals surface area contributed by atoms with Crippen LogP contribution in [-0.2, 0) is 4.74 Å². The van der Waals surface area contributed by atoms with Crippen LogP contribution in [-0.4, -0.2) is 24.4 Å². The predicted octanol–water partition coefficient (Wildman–Crippen LogP) is 1.14. The Labute approximate surface area is 62.2 Å². The van der Waals surface area contributed by atoms with E-state index in [4.69, 9.17) is 9.84 Å². The van der Waals surface area contributed by atoms with Crippen LogP contribution in [0.25, 0.3) is 0 Å². The molecule has 0 heterocycles. The zero-order valence-electron chi connectivity index (χ0n) is 6.25. The van der Waals surface area contributed by atoms with Crippen LogP contribution >= 0.6 is 0 Å². The van der Waals surface area contributed by atoms with Crippen LogP contribution in [0.5, 0.6) is 0 Å². The lowest BCUT2D eigenvalue weighted by molar-refractivity contribution is 0.0170. The molecule has 0 amide bonds. The molecular weight excluding hydrogens is 128 g/mol. The predicted molar refractivity (Wildman–Crippen MR) is 39.6 cm³/mol. The molecule has 0 aromatic rings. The Morgan fingerprint density at radius 3 is 3.10 bits per heavy atom. The van der Waals surface area contributed by atoms with E-state index in [-0.39, 0.29) is 6.61 Å². The number of ether oxygens (including phenoxy) is 1. The molecule has 1 unspecified atom stereocenters. The number of hydrogen-bond acceptors (Lipinski definition) is 2. The highest BCUT2D eigenvalue weighted by molar-refractivity contribution is 4.77. The summed E-state index contributed by atoms with van der Waals surface area (Å²) in [6, 6.07) is 0. The summed E-state index contributed by atoms with van der Waals surface area (Å²) >= 11 is 0. The first-order valence-corrected chi connectivity index (χ1v) is 3.97. The van der Waals surface area contributed by atoms with Gasteiger partial charge in [-0.15, -0.1) is 0 Å². The van der Waals surface area contributed by atoms with Crippen molar-refractivity contribution in [3.8, 4) is 0 Å². The van der Waals surface area contributed by atoms with Gasteiger partial charge in [0.2, 0.25) is 0 Å². The van der Waals surface area contributed by atoms with Crippen molar-refractivity contribution in [3.05, 3.63) is 6.42 Å². The second kappa shape index (κ2) is 4.69. The van der Waals surface area contributed by atoms with Crippen molar-refractivity contribution < 1.29 is 9.84 Å².